The molecule has 1 aliphatic heterocycles. The molecule has 2 atom stereocenters. The molecule has 28 heavy (non-hydrogen) atoms. The molecule has 0 unspecified atom stereocenters. The second kappa shape index (κ2) is 7.66. The highest BCUT2D eigenvalue weighted by Gasteiger charge is 2.24. The molecule has 2 aromatic heterocycles. The minimum atomic E-state index is 0.145. The Balaban J connectivity index is 1.49. The van der Waals surface area contributed by atoms with Gasteiger partial charge in [0.2, 0.25) is 5.95 Å². The number of benzene rings is 1. The lowest BCUT2D eigenvalue weighted by molar-refractivity contribution is -0.00571. The summed E-state index contributed by atoms with van der Waals surface area (Å²) in [6, 6.07) is 11.1. The maximum absolute atomic E-state index is 7.03. The maximum Gasteiger partial charge on any atom is 0.227 e. The zero-order valence-electron chi connectivity index (χ0n) is 15.8. The number of nitrogens with zero attached hydrogens (tertiary/aromatic N) is 5. The summed E-state index contributed by atoms with van der Waals surface area (Å²) in [5.74, 6) is 2.02. The number of H-pyrrole nitrogens is 1. The third-order valence-corrected chi connectivity index (χ3v) is 4.49. The first-order valence-corrected chi connectivity index (χ1v) is 9.14. The van der Waals surface area contributed by atoms with Crippen LogP contribution in [0.4, 0.5) is 23.3 Å². The Morgan fingerprint density at radius 1 is 1.14 bits per heavy atom. The van der Waals surface area contributed by atoms with Crippen molar-refractivity contribution in [3.63, 3.8) is 0 Å². The van der Waals surface area contributed by atoms with Crippen LogP contribution < -0.4 is 10.2 Å². The molecule has 142 valence electrons. The van der Waals surface area contributed by atoms with E-state index in [4.69, 9.17) is 11.3 Å². The van der Waals surface area contributed by atoms with E-state index in [1.807, 2.05) is 24.3 Å². The molecule has 0 saturated carbocycles. The molecule has 0 bridgehead atoms. The van der Waals surface area contributed by atoms with Gasteiger partial charge in [-0.15, -0.1) is 0 Å². The van der Waals surface area contributed by atoms with Crippen LogP contribution in [0.15, 0.2) is 42.6 Å². The van der Waals surface area contributed by atoms with E-state index in [1.54, 1.807) is 18.3 Å². The molecule has 1 aliphatic rings. The summed E-state index contributed by atoms with van der Waals surface area (Å²) in [5.41, 5.74) is 2.44. The highest BCUT2D eigenvalue weighted by atomic mass is 16.5. The van der Waals surface area contributed by atoms with Crippen LogP contribution in [0.25, 0.3) is 16.1 Å². The maximum atomic E-state index is 7.03. The zero-order chi connectivity index (χ0) is 19.5. The molecule has 0 amide bonds. The van der Waals surface area contributed by atoms with E-state index in [0.717, 1.165) is 24.3 Å². The normalized spacial score (nSPS) is 19.2. The lowest BCUT2D eigenvalue weighted by Crippen LogP contribution is -2.46. The number of morpholine rings is 1. The highest BCUT2D eigenvalue weighted by molar-refractivity contribution is 5.67. The van der Waals surface area contributed by atoms with Crippen LogP contribution >= 0.6 is 0 Å². The van der Waals surface area contributed by atoms with Crippen LogP contribution in [0.3, 0.4) is 0 Å². The second-order valence-electron chi connectivity index (χ2n) is 6.85. The molecule has 1 aromatic carbocycles. The van der Waals surface area contributed by atoms with Gasteiger partial charge in [0, 0.05) is 25.4 Å². The first-order valence-electron chi connectivity index (χ1n) is 9.14. The Morgan fingerprint density at radius 2 is 1.89 bits per heavy atom. The number of nitrogens with one attached hydrogen (secondary N) is 2. The molecule has 3 heterocycles. The Morgan fingerprint density at radius 3 is 2.61 bits per heavy atom. The van der Waals surface area contributed by atoms with Gasteiger partial charge in [-0.3, -0.25) is 5.10 Å². The second-order valence-corrected chi connectivity index (χ2v) is 6.85. The minimum Gasteiger partial charge on any atom is -0.372 e. The molecule has 0 radical (unpaired) electrons. The smallest absolute Gasteiger partial charge is 0.227 e. The lowest BCUT2D eigenvalue weighted by Gasteiger charge is -2.35. The Bertz CT molecular complexity index is 982. The van der Waals surface area contributed by atoms with Crippen LogP contribution in [0.2, 0.25) is 0 Å². The van der Waals surface area contributed by atoms with E-state index < -0.39 is 0 Å². The third kappa shape index (κ3) is 3.94. The average molecular weight is 375 g/mol. The molecule has 1 saturated heterocycles. The standard InChI is InChI=1S/C20H21N7O/c1-13-11-27(12-14(2)28-13)20-22-9-8-18(24-20)23-19-10-17(25-26-19)15-4-6-16(21-3)7-5-15/h4-10,13-14H,11-12H2,1-2H3,(H2,22,23,24,25,26)/t13-,14+. The van der Waals surface area contributed by atoms with E-state index in [0.29, 0.717) is 23.3 Å². The van der Waals surface area contributed by atoms with Gasteiger partial charge in [-0.2, -0.15) is 10.1 Å². The molecule has 3 aromatic rings. The quantitative estimate of drug-likeness (QED) is 0.676. The highest BCUT2D eigenvalue weighted by Crippen LogP contribution is 2.24. The molecule has 2 N–H and O–H groups in total. The fourth-order valence-electron chi connectivity index (χ4n) is 3.29. The third-order valence-electron chi connectivity index (χ3n) is 4.49. The monoisotopic (exact) mass is 375 g/mol. The largest absolute Gasteiger partial charge is 0.372 e. The van der Waals surface area contributed by atoms with Crippen LogP contribution in [-0.4, -0.2) is 45.5 Å². The van der Waals surface area contributed by atoms with Crippen molar-refractivity contribution in [3.05, 3.63) is 54.0 Å². The Kier molecular flexibility index (Phi) is 4.91. The summed E-state index contributed by atoms with van der Waals surface area (Å²) in [6.07, 6.45) is 2.03. The van der Waals surface area contributed by atoms with E-state index >= 15 is 0 Å². The number of aromatic nitrogens is 4. The van der Waals surface area contributed by atoms with Crippen LogP contribution in [0, 0.1) is 6.57 Å². The topological polar surface area (TPSA) is 83.3 Å². The van der Waals surface area contributed by atoms with Gasteiger partial charge < -0.3 is 15.0 Å². The summed E-state index contributed by atoms with van der Waals surface area (Å²) in [5, 5.41) is 10.5. The summed E-state index contributed by atoms with van der Waals surface area (Å²) in [6.45, 7) is 12.7. The summed E-state index contributed by atoms with van der Waals surface area (Å²) >= 11 is 0. The van der Waals surface area contributed by atoms with Gasteiger partial charge in [-0.25, -0.2) is 9.83 Å². The Hall–Kier alpha value is -3.44. The Labute approximate surface area is 163 Å². The van der Waals surface area contributed by atoms with Crippen molar-refractivity contribution in [1.82, 2.24) is 20.2 Å². The molecule has 1 fully saturated rings. The SMILES string of the molecule is [C-]#[N+]c1ccc(-c2cc(Nc3ccnc(N4C[C@@H](C)O[C@@H](C)C4)n3)n[nH]2)cc1. The van der Waals surface area contributed by atoms with Crippen LogP contribution in [-0.2, 0) is 4.74 Å². The number of ether oxygens (including phenoxy) is 1. The molecular formula is C20H21N7O. The summed E-state index contributed by atoms with van der Waals surface area (Å²) < 4.78 is 5.78. The zero-order valence-corrected chi connectivity index (χ0v) is 15.8. The molecule has 8 nitrogen and oxygen atoms in total. The predicted molar refractivity (Wildman–Crippen MR) is 108 cm³/mol. The number of rotatable bonds is 4. The van der Waals surface area contributed by atoms with E-state index in [2.05, 4.69) is 49.1 Å². The fraction of sp³-hybridized carbons (Fsp3) is 0.300. The number of aromatic amines is 1. The van der Waals surface area contributed by atoms with Crippen molar-refractivity contribution < 1.29 is 4.74 Å². The molecule has 8 heteroatoms. The van der Waals surface area contributed by atoms with E-state index in [9.17, 15) is 0 Å². The molecule has 4 rings (SSSR count). The van der Waals surface area contributed by atoms with Crippen molar-refractivity contribution in [1.29, 1.82) is 0 Å². The number of hydrogen-bond donors (Lipinski definition) is 2. The van der Waals surface area contributed by atoms with E-state index in [-0.39, 0.29) is 12.2 Å². The van der Waals surface area contributed by atoms with Crippen molar-refractivity contribution in [2.24, 2.45) is 0 Å². The first kappa shape index (κ1) is 17.9. The van der Waals surface area contributed by atoms with Gasteiger partial charge in [-0.1, -0.05) is 24.3 Å². The molecule has 0 spiro atoms. The van der Waals surface area contributed by atoms with Crippen molar-refractivity contribution in [2.45, 2.75) is 26.1 Å². The summed E-state index contributed by atoms with van der Waals surface area (Å²) in [4.78, 5) is 14.6. The van der Waals surface area contributed by atoms with Crippen molar-refractivity contribution >= 4 is 23.3 Å². The van der Waals surface area contributed by atoms with Crippen molar-refractivity contribution in [2.75, 3.05) is 23.3 Å². The fourth-order valence-corrected chi connectivity index (χ4v) is 3.29. The van der Waals surface area contributed by atoms with E-state index in [1.165, 1.54) is 0 Å². The van der Waals surface area contributed by atoms with Crippen LogP contribution in [0.1, 0.15) is 13.8 Å². The van der Waals surface area contributed by atoms with Gasteiger partial charge in [0.25, 0.3) is 0 Å². The summed E-state index contributed by atoms with van der Waals surface area (Å²) in [7, 11) is 0. The van der Waals surface area contributed by atoms with Crippen molar-refractivity contribution in [3.8, 4) is 11.3 Å². The average Bonchev–Trinajstić information content (AvgIpc) is 3.16. The van der Waals surface area contributed by atoms with Gasteiger partial charge >= 0.3 is 0 Å². The number of hydrogen-bond acceptors (Lipinski definition) is 6. The molecular weight excluding hydrogens is 354 g/mol. The van der Waals surface area contributed by atoms with Gasteiger partial charge in [0.15, 0.2) is 11.5 Å². The lowest BCUT2D eigenvalue weighted by atomic mass is 10.1. The number of anilines is 3. The van der Waals surface area contributed by atoms with Crippen LogP contribution in [0.5, 0.6) is 0 Å². The van der Waals surface area contributed by atoms with Gasteiger partial charge in [0.05, 0.1) is 24.5 Å². The first-order chi connectivity index (χ1) is 13.6. The van der Waals surface area contributed by atoms with Gasteiger partial charge in [-0.05, 0) is 25.5 Å². The van der Waals surface area contributed by atoms with Gasteiger partial charge in [0.1, 0.15) is 5.82 Å². The molecule has 0 aliphatic carbocycles. The minimum absolute atomic E-state index is 0.145. The predicted octanol–water partition coefficient (Wildman–Crippen LogP) is 3.77.